The Balaban J connectivity index is 2.00. The van der Waals surface area contributed by atoms with Crippen LogP contribution in [-0.4, -0.2) is 29.4 Å². The van der Waals surface area contributed by atoms with Crippen molar-refractivity contribution in [1.29, 1.82) is 0 Å². The largest absolute Gasteiger partial charge is 0.377 e. The number of hydrogen-bond acceptors (Lipinski definition) is 5. The molecule has 0 spiro atoms. The van der Waals surface area contributed by atoms with E-state index in [9.17, 15) is 9.59 Å². The van der Waals surface area contributed by atoms with Crippen molar-refractivity contribution in [2.45, 2.75) is 32.8 Å². The highest BCUT2D eigenvalue weighted by Crippen LogP contribution is 2.25. The van der Waals surface area contributed by atoms with Gasteiger partial charge in [-0.1, -0.05) is 6.92 Å². The third-order valence-electron chi connectivity index (χ3n) is 3.04. The number of anilines is 1. The summed E-state index contributed by atoms with van der Waals surface area (Å²) in [6.45, 7) is 4.10. The van der Waals surface area contributed by atoms with E-state index >= 15 is 0 Å². The maximum atomic E-state index is 12.1. The molecule has 0 saturated carbocycles. The van der Waals surface area contributed by atoms with Gasteiger partial charge in [0, 0.05) is 18.9 Å². The summed E-state index contributed by atoms with van der Waals surface area (Å²) in [5.41, 5.74) is 0.394. The highest BCUT2D eigenvalue weighted by atomic mass is 32.1. The van der Waals surface area contributed by atoms with Crippen LogP contribution in [0.1, 0.15) is 37.2 Å². The first-order chi connectivity index (χ1) is 8.61. The number of rotatable bonds is 4. The number of hydrogen-bond donors (Lipinski definition) is 1. The van der Waals surface area contributed by atoms with Crippen LogP contribution in [0, 0.1) is 5.92 Å². The zero-order valence-electron chi connectivity index (χ0n) is 10.4. The lowest BCUT2D eigenvalue weighted by atomic mass is 9.99. The number of aromatic nitrogens is 1. The van der Waals surface area contributed by atoms with Crippen LogP contribution in [0.2, 0.25) is 0 Å². The Morgan fingerprint density at radius 2 is 2.39 bits per heavy atom. The van der Waals surface area contributed by atoms with Crippen molar-refractivity contribution in [2.24, 2.45) is 5.92 Å². The van der Waals surface area contributed by atoms with Crippen LogP contribution in [0.15, 0.2) is 5.38 Å². The van der Waals surface area contributed by atoms with Crippen molar-refractivity contribution < 1.29 is 14.3 Å². The van der Waals surface area contributed by atoms with Gasteiger partial charge in [-0.25, -0.2) is 4.98 Å². The minimum Gasteiger partial charge on any atom is -0.377 e. The molecule has 0 aromatic carbocycles. The molecule has 0 aliphatic carbocycles. The second-order valence-electron chi connectivity index (χ2n) is 4.30. The molecule has 2 heterocycles. The molecule has 2 atom stereocenters. The van der Waals surface area contributed by atoms with Gasteiger partial charge in [0.1, 0.15) is 5.69 Å². The van der Waals surface area contributed by atoms with Gasteiger partial charge in [-0.3, -0.25) is 9.59 Å². The fraction of sp³-hybridized carbons (Fsp3) is 0.583. The van der Waals surface area contributed by atoms with E-state index in [1.54, 1.807) is 5.38 Å². The van der Waals surface area contributed by atoms with Crippen molar-refractivity contribution in [3.63, 3.8) is 0 Å². The van der Waals surface area contributed by atoms with E-state index in [2.05, 4.69) is 10.3 Å². The number of thiazole rings is 1. The van der Waals surface area contributed by atoms with Crippen LogP contribution >= 0.6 is 11.3 Å². The minimum atomic E-state index is -0.111. The standard InChI is InChI=1S/C12H16N2O3S/c1-3-10-8(4-5-17-10)11(16)14-12-13-9(6-18-12)7(2)15/h6,8,10H,3-5H2,1-2H3,(H,13,14,16). The maximum Gasteiger partial charge on any atom is 0.231 e. The van der Waals surface area contributed by atoms with Crippen molar-refractivity contribution in [3.05, 3.63) is 11.1 Å². The van der Waals surface area contributed by atoms with Gasteiger partial charge in [0.15, 0.2) is 10.9 Å². The van der Waals surface area contributed by atoms with Crippen LogP contribution in [0.4, 0.5) is 5.13 Å². The average Bonchev–Trinajstić information content (AvgIpc) is 2.96. The fourth-order valence-corrected chi connectivity index (χ4v) is 2.79. The second kappa shape index (κ2) is 5.58. The van der Waals surface area contributed by atoms with Crippen LogP contribution in [0.5, 0.6) is 0 Å². The van der Waals surface area contributed by atoms with E-state index in [-0.39, 0.29) is 23.7 Å². The minimum absolute atomic E-state index is 0.00256. The third kappa shape index (κ3) is 2.76. The zero-order valence-corrected chi connectivity index (χ0v) is 11.3. The SMILES string of the molecule is CCC1OCCC1C(=O)Nc1nc(C(C)=O)cs1. The number of carbonyl (C=O) groups is 2. The second-order valence-corrected chi connectivity index (χ2v) is 5.15. The molecular weight excluding hydrogens is 252 g/mol. The van der Waals surface area contributed by atoms with Gasteiger partial charge in [0.25, 0.3) is 0 Å². The summed E-state index contributed by atoms with van der Waals surface area (Å²) in [6, 6.07) is 0. The summed E-state index contributed by atoms with van der Waals surface area (Å²) in [5.74, 6) is -0.272. The van der Waals surface area contributed by atoms with Crippen molar-refractivity contribution in [3.8, 4) is 0 Å². The van der Waals surface area contributed by atoms with Gasteiger partial charge in [0.2, 0.25) is 5.91 Å². The van der Waals surface area contributed by atoms with E-state index < -0.39 is 0 Å². The predicted molar refractivity (Wildman–Crippen MR) is 68.9 cm³/mol. The van der Waals surface area contributed by atoms with E-state index in [4.69, 9.17) is 4.74 Å². The Bertz CT molecular complexity index is 458. The van der Waals surface area contributed by atoms with Gasteiger partial charge < -0.3 is 10.1 Å². The summed E-state index contributed by atoms with van der Waals surface area (Å²) in [4.78, 5) is 27.2. The number of nitrogens with zero attached hydrogens (tertiary/aromatic N) is 1. The van der Waals surface area contributed by atoms with Gasteiger partial charge in [-0.15, -0.1) is 11.3 Å². The Hall–Kier alpha value is -1.27. The van der Waals surface area contributed by atoms with Crippen molar-refractivity contribution in [2.75, 3.05) is 11.9 Å². The molecule has 2 unspecified atom stereocenters. The lowest BCUT2D eigenvalue weighted by Crippen LogP contribution is -2.29. The molecular formula is C12H16N2O3S. The molecule has 2 rings (SSSR count). The Morgan fingerprint density at radius 3 is 3.00 bits per heavy atom. The van der Waals surface area contributed by atoms with Crippen LogP contribution < -0.4 is 5.32 Å². The van der Waals surface area contributed by atoms with Crippen LogP contribution in [0.3, 0.4) is 0 Å². The molecule has 1 aromatic rings. The number of carbonyl (C=O) groups excluding carboxylic acids is 2. The monoisotopic (exact) mass is 268 g/mol. The molecule has 18 heavy (non-hydrogen) atoms. The molecule has 6 heteroatoms. The van der Waals surface area contributed by atoms with Crippen molar-refractivity contribution in [1.82, 2.24) is 4.98 Å². The van der Waals surface area contributed by atoms with Gasteiger partial charge in [0.05, 0.1) is 12.0 Å². The van der Waals surface area contributed by atoms with E-state index in [1.165, 1.54) is 18.3 Å². The van der Waals surface area contributed by atoms with E-state index in [0.29, 0.717) is 17.4 Å². The Morgan fingerprint density at radius 1 is 1.61 bits per heavy atom. The quantitative estimate of drug-likeness (QED) is 0.849. The highest BCUT2D eigenvalue weighted by molar-refractivity contribution is 7.14. The molecule has 0 radical (unpaired) electrons. The maximum absolute atomic E-state index is 12.1. The molecule has 1 fully saturated rings. The first kappa shape index (κ1) is 13.2. The number of amides is 1. The molecule has 98 valence electrons. The summed E-state index contributed by atoms with van der Waals surface area (Å²) in [7, 11) is 0. The molecule has 1 amide bonds. The van der Waals surface area contributed by atoms with E-state index in [0.717, 1.165) is 12.8 Å². The predicted octanol–water partition coefficient (Wildman–Crippen LogP) is 2.10. The lowest BCUT2D eigenvalue weighted by molar-refractivity contribution is -0.121. The summed E-state index contributed by atoms with van der Waals surface area (Å²) in [5, 5.41) is 4.89. The number of ketones is 1. The van der Waals surface area contributed by atoms with Gasteiger partial charge in [-0.05, 0) is 12.8 Å². The molecule has 5 nitrogen and oxygen atoms in total. The topological polar surface area (TPSA) is 68.3 Å². The number of ether oxygens (including phenoxy) is 1. The molecule has 1 aliphatic rings. The van der Waals surface area contributed by atoms with Gasteiger partial charge >= 0.3 is 0 Å². The summed E-state index contributed by atoms with van der Waals surface area (Å²) < 4.78 is 5.49. The van der Waals surface area contributed by atoms with E-state index in [1.807, 2.05) is 6.92 Å². The number of nitrogens with one attached hydrogen (secondary N) is 1. The van der Waals surface area contributed by atoms with Crippen LogP contribution in [-0.2, 0) is 9.53 Å². The number of Topliss-reactive ketones (excluding diaryl/α,β-unsaturated/α-hetero) is 1. The third-order valence-corrected chi connectivity index (χ3v) is 3.80. The molecule has 1 N–H and O–H groups in total. The molecule has 0 bridgehead atoms. The van der Waals surface area contributed by atoms with Crippen molar-refractivity contribution >= 4 is 28.2 Å². The summed E-state index contributed by atoms with van der Waals surface area (Å²) >= 11 is 1.27. The molecule has 1 aromatic heterocycles. The van der Waals surface area contributed by atoms with Crippen LogP contribution in [0.25, 0.3) is 0 Å². The smallest absolute Gasteiger partial charge is 0.231 e. The fourth-order valence-electron chi connectivity index (χ4n) is 2.04. The van der Waals surface area contributed by atoms with Gasteiger partial charge in [-0.2, -0.15) is 0 Å². The first-order valence-corrected chi connectivity index (χ1v) is 6.88. The highest BCUT2D eigenvalue weighted by Gasteiger charge is 2.33. The first-order valence-electron chi connectivity index (χ1n) is 6.00. The molecule has 1 aliphatic heterocycles. The zero-order chi connectivity index (χ0) is 13.1. The normalized spacial score (nSPS) is 23.0. The lowest BCUT2D eigenvalue weighted by Gasteiger charge is -2.15. The Kier molecular flexibility index (Phi) is 4.08. The average molecular weight is 268 g/mol. The Labute approximate surface area is 110 Å². The summed E-state index contributed by atoms with van der Waals surface area (Å²) in [6.07, 6.45) is 1.57. The molecule has 1 saturated heterocycles.